The molecule has 0 N–H and O–H groups in total. The summed E-state index contributed by atoms with van der Waals surface area (Å²) in [5.74, 6) is 0. The molecule has 1 aliphatic carbocycles. The van der Waals surface area contributed by atoms with E-state index in [9.17, 15) is 0 Å². The number of halogens is 1. The van der Waals surface area contributed by atoms with Crippen LogP contribution in [0.4, 0.5) is 0 Å². The van der Waals surface area contributed by atoms with E-state index >= 15 is 0 Å². The van der Waals surface area contributed by atoms with E-state index in [2.05, 4.69) is 29.0 Å². The van der Waals surface area contributed by atoms with E-state index in [0.717, 1.165) is 25.8 Å². The van der Waals surface area contributed by atoms with E-state index in [-0.39, 0.29) is 17.0 Å². The summed E-state index contributed by atoms with van der Waals surface area (Å²) in [4.78, 5) is 1.03. The molecule has 2 heterocycles. The molecule has 0 spiro atoms. The Morgan fingerprint density at radius 2 is 2.23 bits per heavy atom. The van der Waals surface area contributed by atoms with Crippen LogP contribution in [0.15, 0.2) is 24.4 Å². The first-order valence-electron chi connectivity index (χ1n) is 4.62. The Kier molecular flexibility index (Phi) is 2.77. The van der Waals surface area contributed by atoms with Gasteiger partial charge in [-0.15, -0.1) is 0 Å². The van der Waals surface area contributed by atoms with Gasteiger partial charge in [0, 0.05) is 0 Å². The van der Waals surface area contributed by atoms with Crippen LogP contribution in [0.25, 0.3) is 0 Å². The molecular formula is C10H12BrNSe. The quantitative estimate of drug-likeness (QED) is 0.380. The summed E-state index contributed by atoms with van der Waals surface area (Å²) in [6, 6.07) is 7.52. The third-order valence-corrected chi connectivity index (χ3v) is 5.92. The Labute approximate surface area is 95.5 Å². The molecule has 1 nitrogen and oxygen atoms in total. The van der Waals surface area contributed by atoms with Gasteiger partial charge in [-0.3, -0.25) is 0 Å². The predicted octanol–water partition coefficient (Wildman–Crippen LogP) is -2.17. The Bertz CT molecular complexity index is 316. The van der Waals surface area contributed by atoms with Crippen molar-refractivity contribution in [2.24, 2.45) is 0 Å². The van der Waals surface area contributed by atoms with Gasteiger partial charge < -0.3 is 17.0 Å². The Morgan fingerprint density at radius 3 is 3.15 bits per heavy atom. The van der Waals surface area contributed by atoms with Gasteiger partial charge in [0.25, 0.3) is 0 Å². The average molecular weight is 305 g/mol. The van der Waals surface area contributed by atoms with Crippen LogP contribution >= 0.6 is 0 Å². The summed E-state index contributed by atoms with van der Waals surface area (Å²) >= 11 is 0.766. The second-order valence-corrected chi connectivity index (χ2v) is 6.24. The third kappa shape index (κ3) is 1.47. The normalized spacial score (nSPS) is 29.2. The molecule has 1 fully saturated rings. The number of fused-ring (bicyclic) bond motifs is 3. The van der Waals surface area contributed by atoms with Gasteiger partial charge in [-0.1, -0.05) is 0 Å². The standard InChI is InChI=1S/C10H12NSe.BrH/c1-2-7-11-8-4-3-5-9(8)12-10(11)6-1;/h1-2,6-9H,3-5H2;1H/q+1;/p-1/t8-,9+;/m1./s1. The van der Waals surface area contributed by atoms with Gasteiger partial charge in [0.15, 0.2) is 0 Å². The first kappa shape index (κ1) is 9.69. The van der Waals surface area contributed by atoms with Crippen molar-refractivity contribution in [1.29, 1.82) is 0 Å². The number of pyridine rings is 1. The van der Waals surface area contributed by atoms with E-state index in [0.29, 0.717) is 0 Å². The van der Waals surface area contributed by atoms with Crippen molar-refractivity contribution in [3.8, 4) is 0 Å². The minimum absolute atomic E-state index is 0. The monoisotopic (exact) mass is 305 g/mol. The molecular weight excluding hydrogens is 293 g/mol. The predicted molar refractivity (Wildman–Crippen MR) is 48.7 cm³/mol. The number of nitrogens with zero attached hydrogens (tertiary/aromatic N) is 1. The molecule has 1 saturated carbocycles. The number of hydrogen-bond donors (Lipinski definition) is 0. The number of hydrogen-bond acceptors (Lipinski definition) is 0. The molecule has 1 aromatic rings. The van der Waals surface area contributed by atoms with Gasteiger partial charge in [0.05, 0.1) is 0 Å². The van der Waals surface area contributed by atoms with Crippen LogP contribution in [0.3, 0.4) is 0 Å². The van der Waals surface area contributed by atoms with E-state index in [4.69, 9.17) is 0 Å². The van der Waals surface area contributed by atoms with Crippen LogP contribution < -0.4 is 26.1 Å². The zero-order valence-corrected chi connectivity index (χ0v) is 10.6. The second-order valence-electron chi connectivity index (χ2n) is 3.60. The maximum absolute atomic E-state index is 2.53. The van der Waals surface area contributed by atoms with Crippen LogP contribution in [-0.4, -0.2) is 15.0 Å². The fraction of sp³-hybridized carbons (Fsp3) is 0.500. The van der Waals surface area contributed by atoms with Crippen LogP contribution in [0.5, 0.6) is 0 Å². The van der Waals surface area contributed by atoms with Gasteiger partial charge in [0.2, 0.25) is 0 Å². The molecule has 0 bridgehead atoms. The maximum atomic E-state index is 2.53. The summed E-state index contributed by atoms with van der Waals surface area (Å²) in [6.07, 6.45) is 6.63. The molecule has 0 radical (unpaired) electrons. The number of aromatic nitrogens is 1. The van der Waals surface area contributed by atoms with Gasteiger partial charge in [-0.05, 0) is 0 Å². The molecule has 2 aliphatic rings. The number of rotatable bonds is 0. The Hall–Kier alpha value is 0.149. The molecule has 13 heavy (non-hydrogen) atoms. The SMILES string of the molecule is [Br-].c1cc[n+]2c(c1)[Se][C@H]1CCC[C@H]12. The molecule has 0 aromatic carbocycles. The third-order valence-electron chi connectivity index (χ3n) is 2.90. The van der Waals surface area contributed by atoms with Crippen molar-refractivity contribution in [2.75, 3.05) is 0 Å². The van der Waals surface area contributed by atoms with Crippen LogP contribution in [-0.2, 0) is 0 Å². The van der Waals surface area contributed by atoms with Crippen LogP contribution in [0.1, 0.15) is 25.3 Å². The molecule has 3 rings (SSSR count). The molecule has 3 heteroatoms. The zero-order valence-electron chi connectivity index (χ0n) is 7.32. The molecule has 1 aromatic heterocycles. The topological polar surface area (TPSA) is 3.88 Å². The van der Waals surface area contributed by atoms with Crippen LogP contribution in [0, 0.1) is 0 Å². The molecule has 0 amide bonds. The Morgan fingerprint density at radius 1 is 1.31 bits per heavy atom. The summed E-state index contributed by atoms with van der Waals surface area (Å²) in [7, 11) is 0. The fourth-order valence-corrected chi connectivity index (χ4v) is 5.47. The van der Waals surface area contributed by atoms with E-state index in [1.807, 2.05) is 0 Å². The van der Waals surface area contributed by atoms with E-state index < -0.39 is 0 Å². The second kappa shape index (κ2) is 3.72. The summed E-state index contributed by atoms with van der Waals surface area (Å²) in [6.45, 7) is 0. The molecule has 70 valence electrons. The summed E-state index contributed by atoms with van der Waals surface area (Å²) in [5.41, 5.74) is 0. The van der Waals surface area contributed by atoms with Gasteiger partial charge in [-0.2, -0.15) is 0 Å². The zero-order chi connectivity index (χ0) is 7.97. The van der Waals surface area contributed by atoms with Crippen LogP contribution in [0.2, 0.25) is 4.82 Å². The first-order chi connectivity index (χ1) is 5.95. The van der Waals surface area contributed by atoms with Gasteiger partial charge >= 0.3 is 78.6 Å². The van der Waals surface area contributed by atoms with Gasteiger partial charge in [-0.25, -0.2) is 0 Å². The van der Waals surface area contributed by atoms with Crippen molar-refractivity contribution < 1.29 is 21.5 Å². The van der Waals surface area contributed by atoms with Crippen molar-refractivity contribution in [3.63, 3.8) is 0 Å². The molecule has 2 atom stereocenters. The molecule has 1 aliphatic heterocycles. The molecule has 0 unspecified atom stereocenters. The molecule has 0 saturated heterocycles. The van der Waals surface area contributed by atoms with E-state index in [1.54, 1.807) is 4.59 Å². The van der Waals surface area contributed by atoms with Crippen molar-refractivity contribution >= 4 is 19.5 Å². The van der Waals surface area contributed by atoms with Crippen molar-refractivity contribution in [1.82, 2.24) is 0 Å². The summed E-state index contributed by atoms with van der Waals surface area (Å²) in [5, 5.41) is 0. The Balaban J connectivity index is 0.000000653. The average Bonchev–Trinajstić information content (AvgIpc) is 2.62. The fourth-order valence-electron chi connectivity index (χ4n) is 2.33. The minimum atomic E-state index is 0. The van der Waals surface area contributed by atoms with Crippen molar-refractivity contribution in [3.05, 3.63) is 24.4 Å². The van der Waals surface area contributed by atoms with E-state index in [1.165, 1.54) is 19.3 Å². The van der Waals surface area contributed by atoms with Crippen molar-refractivity contribution in [2.45, 2.75) is 30.1 Å². The first-order valence-corrected chi connectivity index (χ1v) is 6.46. The summed E-state index contributed by atoms with van der Waals surface area (Å²) < 4.78 is 4.14. The van der Waals surface area contributed by atoms with Gasteiger partial charge in [0.1, 0.15) is 0 Å².